The number of hydrogen-bond donors (Lipinski definition) is 3. The molecule has 1 heterocycles. The molecule has 7 heteroatoms. The zero-order chi connectivity index (χ0) is 21.5. The van der Waals surface area contributed by atoms with Crippen molar-refractivity contribution in [2.24, 2.45) is 5.92 Å². The van der Waals surface area contributed by atoms with Crippen molar-refractivity contribution in [1.82, 2.24) is 10.2 Å². The standard InChI is InChI=1S/C23H29N3O4/c1-16(22(28)24-15-17-7-9-19(30-2)10-8-17)26-13-11-18(12-14-26)23(29)25-20-5-3-4-6-21(20)27/h3-10,16,18,27H,11-15H2,1-2H3,(H,24,28)(H,25,29)/t16-/m1/s1. The maximum atomic E-state index is 12.5. The number of benzene rings is 2. The predicted octanol–water partition coefficient (Wildman–Crippen LogP) is 2.76. The van der Waals surface area contributed by atoms with Gasteiger partial charge in [-0.2, -0.15) is 0 Å². The quantitative estimate of drug-likeness (QED) is 0.610. The van der Waals surface area contributed by atoms with E-state index in [1.54, 1.807) is 31.4 Å². The first-order valence-electron chi connectivity index (χ1n) is 10.2. The minimum absolute atomic E-state index is 0.0251. The average Bonchev–Trinajstić information content (AvgIpc) is 2.79. The summed E-state index contributed by atoms with van der Waals surface area (Å²) in [6.07, 6.45) is 1.35. The monoisotopic (exact) mass is 411 g/mol. The van der Waals surface area contributed by atoms with E-state index in [1.807, 2.05) is 31.2 Å². The maximum absolute atomic E-state index is 12.5. The molecule has 2 amide bonds. The number of amides is 2. The molecule has 0 aromatic heterocycles. The van der Waals surface area contributed by atoms with E-state index in [1.165, 1.54) is 0 Å². The van der Waals surface area contributed by atoms with E-state index in [2.05, 4.69) is 15.5 Å². The van der Waals surface area contributed by atoms with Crippen LogP contribution in [0.1, 0.15) is 25.3 Å². The fraction of sp³-hybridized carbons (Fsp3) is 0.391. The minimum Gasteiger partial charge on any atom is -0.506 e. The Kier molecular flexibility index (Phi) is 7.30. The highest BCUT2D eigenvalue weighted by atomic mass is 16.5. The van der Waals surface area contributed by atoms with Gasteiger partial charge in [0.1, 0.15) is 11.5 Å². The van der Waals surface area contributed by atoms with Crippen LogP contribution in [0.25, 0.3) is 0 Å². The normalized spacial score (nSPS) is 15.9. The van der Waals surface area contributed by atoms with E-state index in [0.717, 1.165) is 11.3 Å². The smallest absolute Gasteiger partial charge is 0.237 e. The number of rotatable bonds is 7. The fourth-order valence-electron chi connectivity index (χ4n) is 3.61. The number of likely N-dealkylation sites (tertiary alicyclic amines) is 1. The molecule has 1 aliphatic heterocycles. The Morgan fingerprint density at radius 2 is 1.80 bits per heavy atom. The molecular weight excluding hydrogens is 382 g/mol. The van der Waals surface area contributed by atoms with Crippen LogP contribution >= 0.6 is 0 Å². The number of para-hydroxylation sites is 2. The summed E-state index contributed by atoms with van der Waals surface area (Å²) in [4.78, 5) is 27.2. The molecule has 7 nitrogen and oxygen atoms in total. The van der Waals surface area contributed by atoms with Crippen LogP contribution in [0.5, 0.6) is 11.5 Å². The van der Waals surface area contributed by atoms with E-state index < -0.39 is 0 Å². The SMILES string of the molecule is COc1ccc(CNC(=O)[C@@H](C)N2CCC(C(=O)Nc3ccccc3O)CC2)cc1. The summed E-state index contributed by atoms with van der Waals surface area (Å²) in [5, 5.41) is 15.6. The van der Waals surface area contributed by atoms with E-state index >= 15 is 0 Å². The Bertz CT molecular complexity index is 861. The summed E-state index contributed by atoms with van der Waals surface area (Å²) in [5.74, 6) is 0.601. The van der Waals surface area contributed by atoms with E-state index in [-0.39, 0.29) is 29.5 Å². The van der Waals surface area contributed by atoms with E-state index in [4.69, 9.17) is 4.74 Å². The van der Waals surface area contributed by atoms with Crippen LogP contribution in [0.2, 0.25) is 0 Å². The highest BCUT2D eigenvalue weighted by molar-refractivity contribution is 5.94. The van der Waals surface area contributed by atoms with Crippen molar-refractivity contribution >= 4 is 17.5 Å². The third kappa shape index (κ3) is 5.51. The van der Waals surface area contributed by atoms with Crippen molar-refractivity contribution in [3.8, 4) is 11.5 Å². The van der Waals surface area contributed by atoms with Crippen molar-refractivity contribution in [3.05, 3.63) is 54.1 Å². The van der Waals surface area contributed by atoms with Crippen molar-refractivity contribution in [2.75, 3.05) is 25.5 Å². The number of phenols is 1. The van der Waals surface area contributed by atoms with Crippen molar-refractivity contribution < 1.29 is 19.4 Å². The first kappa shape index (κ1) is 21.6. The van der Waals surface area contributed by atoms with Gasteiger partial charge in [0.2, 0.25) is 11.8 Å². The van der Waals surface area contributed by atoms with Gasteiger partial charge in [-0.25, -0.2) is 0 Å². The van der Waals surface area contributed by atoms with Crippen LogP contribution in [0.3, 0.4) is 0 Å². The molecule has 160 valence electrons. The first-order chi connectivity index (χ1) is 14.5. The van der Waals surface area contributed by atoms with Crippen molar-refractivity contribution in [3.63, 3.8) is 0 Å². The highest BCUT2D eigenvalue weighted by Gasteiger charge is 2.30. The second-order valence-corrected chi connectivity index (χ2v) is 7.56. The topological polar surface area (TPSA) is 90.9 Å². The lowest BCUT2D eigenvalue weighted by Crippen LogP contribution is -2.49. The van der Waals surface area contributed by atoms with Gasteiger partial charge in [0.15, 0.2) is 0 Å². The van der Waals surface area contributed by atoms with Gasteiger partial charge in [0.25, 0.3) is 0 Å². The number of ether oxygens (including phenoxy) is 1. The molecule has 0 radical (unpaired) electrons. The molecule has 2 aromatic carbocycles. The second kappa shape index (κ2) is 10.1. The van der Waals surface area contributed by atoms with Gasteiger partial charge in [-0.05, 0) is 62.7 Å². The Balaban J connectivity index is 1.44. The Hall–Kier alpha value is -3.06. The lowest BCUT2D eigenvalue weighted by Gasteiger charge is -2.34. The lowest BCUT2D eigenvalue weighted by molar-refractivity contribution is -0.127. The molecule has 0 unspecified atom stereocenters. The third-order valence-corrected chi connectivity index (χ3v) is 5.62. The van der Waals surface area contributed by atoms with Crippen molar-refractivity contribution in [2.45, 2.75) is 32.4 Å². The predicted molar refractivity (Wildman–Crippen MR) is 115 cm³/mol. The summed E-state index contributed by atoms with van der Waals surface area (Å²) < 4.78 is 5.14. The summed E-state index contributed by atoms with van der Waals surface area (Å²) >= 11 is 0. The summed E-state index contributed by atoms with van der Waals surface area (Å²) in [6.45, 7) is 3.71. The number of piperidine rings is 1. The summed E-state index contributed by atoms with van der Waals surface area (Å²) in [7, 11) is 1.62. The molecule has 0 bridgehead atoms. The molecule has 0 spiro atoms. The van der Waals surface area contributed by atoms with Gasteiger partial charge in [-0.15, -0.1) is 0 Å². The number of carbonyl (C=O) groups is 2. The number of nitrogens with one attached hydrogen (secondary N) is 2. The third-order valence-electron chi connectivity index (χ3n) is 5.62. The molecule has 3 rings (SSSR count). The van der Waals surface area contributed by atoms with Crippen LogP contribution in [0.15, 0.2) is 48.5 Å². The Morgan fingerprint density at radius 3 is 2.43 bits per heavy atom. The van der Waals surface area contributed by atoms with Gasteiger partial charge in [0, 0.05) is 12.5 Å². The molecule has 0 aliphatic carbocycles. The highest BCUT2D eigenvalue weighted by Crippen LogP contribution is 2.25. The zero-order valence-corrected chi connectivity index (χ0v) is 17.4. The average molecular weight is 412 g/mol. The van der Waals surface area contributed by atoms with Gasteiger partial charge in [-0.1, -0.05) is 24.3 Å². The molecule has 30 heavy (non-hydrogen) atoms. The number of carbonyl (C=O) groups excluding carboxylic acids is 2. The maximum Gasteiger partial charge on any atom is 0.237 e. The van der Waals surface area contributed by atoms with Crippen LogP contribution in [0.4, 0.5) is 5.69 Å². The van der Waals surface area contributed by atoms with Gasteiger partial charge >= 0.3 is 0 Å². The minimum atomic E-state index is -0.259. The number of aromatic hydroxyl groups is 1. The molecule has 2 aromatic rings. The first-order valence-corrected chi connectivity index (χ1v) is 10.2. The van der Waals surface area contributed by atoms with Crippen LogP contribution < -0.4 is 15.4 Å². The van der Waals surface area contributed by atoms with Gasteiger partial charge in [-0.3, -0.25) is 14.5 Å². The molecule has 1 aliphatic rings. The number of hydrogen-bond acceptors (Lipinski definition) is 5. The van der Waals surface area contributed by atoms with E-state index in [0.29, 0.717) is 38.2 Å². The molecular formula is C23H29N3O4. The summed E-state index contributed by atoms with van der Waals surface area (Å²) in [5.41, 5.74) is 1.44. The van der Waals surface area contributed by atoms with Gasteiger partial charge in [0.05, 0.1) is 18.8 Å². The second-order valence-electron chi connectivity index (χ2n) is 7.56. The number of phenolic OH excluding ortho intramolecular Hbond substituents is 1. The Morgan fingerprint density at radius 1 is 1.13 bits per heavy atom. The number of methoxy groups -OCH3 is 1. The van der Waals surface area contributed by atoms with Crippen LogP contribution in [0, 0.1) is 5.92 Å². The van der Waals surface area contributed by atoms with E-state index in [9.17, 15) is 14.7 Å². The fourth-order valence-corrected chi connectivity index (χ4v) is 3.61. The molecule has 0 saturated carbocycles. The Labute approximate surface area is 177 Å². The molecule has 1 saturated heterocycles. The van der Waals surface area contributed by atoms with Gasteiger partial charge < -0.3 is 20.5 Å². The van der Waals surface area contributed by atoms with Crippen LogP contribution in [-0.2, 0) is 16.1 Å². The zero-order valence-electron chi connectivity index (χ0n) is 17.4. The number of nitrogens with zero attached hydrogens (tertiary/aromatic N) is 1. The molecule has 1 fully saturated rings. The number of anilines is 1. The molecule has 1 atom stereocenters. The summed E-state index contributed by atoms with van der Waals surface area (Å²) in [6, 6.07) is 14.0. The largest absolute Gasteiger partial charge is 0.506 e. The lowest BCUT2D eigenvalue weighted by atomic mass is 9.94. The van der Waals surface area contributed by atoms with Crippen molar-refractivity contribution in [1.29, 1.82) is 0 Å². The molecule has 3 N–H and O–H groups in total. The van der Waals surface area contributed by atoms with Crippen LogP contribution in [-0.4, -0.2) is 48.1 Å².